The van der Waals surface area contributed by atoms with E-state index in [0.717, 1.165) is 44.5 Å². The first-order valence-electron chi connectivity index (χ1n) is 10.2. The van der Waals surface area contributed by atoms with E-state index < -0.39 is 0 Å². The topological polar surface area (TPSA) is 58.6 Å². The summed E-state index contributed by atoms with van der Waals surface area (Å²) in [5.41, 5.74) is 1.34. The number of likely N-dealkylation sites (tertiary alicyclic amines) is 1. The number of hydrogen-bond donors (Lipinski definition) is 1. The number of nitrogens with one attached hydrogen (secondary N) is 1. The van der Waals surface area contributed by atoms with E-state index in [9.17, 15) is 9.59 Å². The van der Waals surface area contributed by atoms with E-state index in [1.54, 1.807) is 7.11 Å². The van der Waals surface area contributed by atoms with Crippen molar-refractivity contribution in [2.24, 2.45) is 17.8 Å². The number of nitrogens with zero attached hydrogens (tertiary/aromatic N) is 1. The van der Waals surface area contributed by atoms with Crippen LogP contribution in [-0.4, -0.2) is 43.5 Å². The Labute approximate surface area is 162 Å². The predicted octanol–water partition coefficient (Wildman–Crippen LogP) is 3.03. The van der Waals surface area contributed by atoms with E-state index in [1.165, 1.54) is 12.0 Å². The van der Waals surface area contributed by atoms with E-state index in [4.69, 9.17) is 4.74 Å². The van der Waals surface area contributed by atoms with Crippen LogP contribution in [0, 0.1) is 17.8 Å². The molecule has 5 heteroatoms. The zero-order valence-electron chi connectivity index (χ0n) is 16.6. The number of hydrogen-bond acceptors (Lipinski definition) is 3. The van der Waals surface area contributed by atoms with E-state index in [2.05, 4.69) is 24.4 Å². The summed E-state index contributed by atoms with van der Waals surface area (Å²) in [7, 11) is 1.69. The van der Waals surface area contributed by atoms with Gasteiger partial charge in [0.05, 0.1) is 7.11 Å². The van der Waals surface area contributed by atoms with Crippen LogP contribution in [0.4, 0.5) is 0 Å². The lowest BCUT2D eigenvalue weighted by molar-refractivity contribution is -0.132. The van der Waals surface area contributed by atoms with Gasteiger partial charge >= 0.3 is 0 Å². The number of methoxy groups -OCH3 is 1. The summed E-state index contributed by atoms with van der Waals surface area (Å²) in [5, 5.41) is 2.91. The van der Waals surface area contributed by atoms with Crippen LogP contribution in [0.3, 0.4) is 0 Å². The Morgan fingerprint density at radius 3 is 2.44 bits per heavy atom. The maximum absolute atomic E-state index is 12.3. The first-order chi connectivity index (χ1) is 13.1. The van der Waals surface area contributed by atoms with Gasteiger partial charge in [0.25, 0.3) is 0 Å². The average molecular weight is 373 g/mol. The van der Waals surface area contributed by atoms with Crippen molar-refractivity contribution >= 4 is 11.8 Å². The van der Waals surface area contributed by atoms with E-state index in [-0.39, 0.29) is 17.7 Å². The number of aryl methyl sites for hydroxylation is 1. The van der Waals surface area contributed by atoms with Crippen LogP contribution in [-0.2, 0) is 16.0 Å². The monoisotopic (exact) mass is 372 g/mol. The Hall–Kier alpha value is -2.04. The summed E-state index contributed by atoms with van der Waals surface area (Å²) >= 11 is 0. The third kappa shape index (κ3) is 5.72. The van der Waals surface area contributed by atoms with Crippen LogP contribution >= 0.6 is 0 Å². The van der Waals surface area contributed by atoms with E-state index in [1.807, 2.05) is 17.0 Å². The minimum atomic E-state index is 0.118. The molecule has 1 heterocycles. The largest absolute Gasteiger partial charge is 0.497 e. The van der Waals surface area contributed by atoms with Gasteiger partial charge in [-0.3, -0.25) is 9.59 Å². The molecule has 1 aliphatic carbocycles. The van der Waals surface area contributed by atoms with Crippen molar-refractivity contribution < 1.29 is 14.3 Å². The summed E-state index contributed by atoms with van der Waals surface area (Å²) in [6.07, 6.45) is 5.81. The van der Waals surface area contributed by atoms with Crippen molar-refractivity contribution in [1.82, 2.24) is 10.2 Å². The van der Waals surface area contributed by atoms with Gasteiger partial charge in [-0.05, 0) is 61.6 Å². The fraction of sp³-hybridized carbons (Fsp3) is 0.636. The van der Waals surface area contributed by atoms with Crippen LogP contribution in [0.15, 0.2) is 24.3 Å². The Kier molecular flexibility index (Phi) is 6.75. The van der Waals surface area contributed by atoms with Crippen LogP contribution < -0.4 is 10.1 Å². The van der Waals surface area contributed by atoms with Crippen molar-refractivity contribution in [1.29, 1.82) is 0 Å². The molecule has 5 nitrogen and oxygen atoms in total. The zero-order chi connectivity index (χ0) is 19.2. The Morgan fingerprint density at radius 1 is 1.19 bits per heavy atom. The van der Waals surface area contributed by atoms with Gasteiger partial charge in [-0.1, -0.05) is 19.1 Å². The maximum Gasteiger partial charge on any atom is 0.224 e. The summed E-state index contributed by atoms with van der Waals surface area (Å²) in [6.45, 7) is 4.26. The summed E-state index contributed by atoms with van der Waals surface area (Å²) < 4.78 is 5.20. The highest BCUT2D eigenvalue weighted by molar-refractivity contribution is 5.82. The highest BCUT2D eigenvalue weighted by atomic mass is 16.5. The number of benzene rings is 1. The molecule has 0 bridgehead atoms. The van der Waals surface area contributed by atoms with Crippen molar-refractivity contribution in [3.8, 4) is 5.75 Å². The Balaban J connectivity index is 1.30. The maximum atomic E-state index is 12.3. The molecule has 148 valence electrons. The smallest absolute Gasteiger partial charge is 0.224 e. The molecule has 1 aliphatic heterocycles. The predicted molar refractivity (Wildman–Crippen MR) is 106 cm³/mol. The van der Waals surface area contributed by atoms with E-state index in [0.29, 0.717) is 24.8 Å². The van der Waals surface area contributed by atoms with Crippen molar-refractivity contribution in [3.05, 3.63) is 29.8 Å². The molecule has 1 aromatic carbocycles. The van der Waals surface area contributed by atoms with Crippen molar-refractivity contribution in [2.45, 2.75) is 45.4 Å². The van der Waals surface area contributed by atoms with Crippen LogP contribution in [0.25, 0.3) is 0 Å². The number of amides is 2. The molecule has 2 amide bonds. The first-order valence-corrected chi connectivity index (χ1v) is 10.2. The van der Waals surface area contributed by atoms with Gasteiger partial charge in [0, 0.05) is 32.0 Å². The molecular formula is C22H32N2O3. The van der Waals surface area contributed by atoms with Crippen molar-refractivity contribution in [3.63, 3.8) is 0 Å². The summed E-state index contributed by atoms with van der Waals surface area (Å²) in [4.78, 5) is 26.1. The molecule has 3 rings (SSSR count). The lowest BCUT2D eigenvalue weighted by Crippen LogP contribution is -2.40. The molecule has 0 aromatic heterocycles. The first kappa shape index (κ1) is 19.7. The second-order valence-electron chi connectivity index (χ2n) is 8.07. The molecular weight excluding hydrogens is 340 g/mol. The molecule has 1 N–H and O–H groups in total. The van der Waals surface area contributed by atoms with Gasteiger partial charge in [-0.15, -0.1) is 0 Å². The van der Waals surface area contributed by atoms with Crippen LogP contribution in [0.5, 0.6) is 5.75 Å². The van der Waals surface area contributed by atoms with Crippen molar-refractivity contribution in [2.75, 3.05) is 26.7 Å². The summed E-state index contributed by atoms with van der Waals surface area (Å²) in [5.74, 6) is 2.57. The lowest BCUT2D eigenvalue weighted by atomic mass is 9.90. The van der Waals surface area contributed by atoms with Crippen LogP contribution in [0.1, 0.15) is 44.6 Å². The SMILES string of the molecule is COc1ccc(CCC2CCN(C(=O)CCNC(=O)C3CC3C)CC2)cc1. The molecule has 2 atom stereocenters. The van der Waals surface area contributed by atoms with Gasteiger partial charge in [0.15, 0.2) is 0 Å². The normalized spacial score (nSPS) is 22.4. The standard InChI is InChI=1S/C22H32N2O3/c1-16-15-20(16)22(26)23-12-9-21(25)24-13-10-18(11-14-24)4-3-17-5-7-19(27-2)8-6-17/h5-8,16,18,20H,3-4,9-15H2,1-2H3,(H,23,26). The molecule has 27 heavy (non-hydrogen) atoms. The molecule has 2 fully saturated rings. The molecule has 0 spiro atoms. The molecule has 1 saturated heterocycles. The second-order valence-corrected chi connectivity index (χ2v) is 8.07. The molecule has 2 unspecified atom stereocenters. The minimum Gasteiger partial charge on any atom is -0.497 e. The third-order valence-electron chi connectivity index (χ3n) is 6.05. The van der Waals surface area contributed by atoms with Gasteiger partial charge in [0.1, 0.15) is 5.75 Å². The number of piperidine rings is 1. The zero-order valence-corrected chi connectivity index (χ0v) is 16.6. The fourth-order valence-corrected chi connectivity index (χ4v) is 3.90. The van der Waals surface area contributed by atoms with Gasteiger partial charge in [-0.25, -0.2) is 0 Å². The number of carbonyl (C=O) groups excluding carboxylic acids is 2. The van der Waals surface area contributed by atoms with E-state index >= 15 is 0 Å². The summed E-state index contributed by atoms with van der Waals surface area (Å²) in [6, 6.07) is 8.29. The third-order valence-corrected chi connectivity index (χ3v) is 6.05. The molecule has 2 aliphatic rings. The lowest BCUT2D eigenvalue weighted by Gasteiger charge is -2.32. The number of ether oxygens (including phenoxy) is 1. The minimum absolute atomic E-state index is 0.118. The Bertz CT molecular complexity index is 635. The van der Waals surface area contributed by atoms with Gasteiger partial charge in [0.2, 0.25) is 11.8 Å². The fourth-order valence-electron chi connectivity index (χ4n) is 3.90. The number of carbonyl (C=O) groups is 2. The Morgan fingerprint density at radius 2 is 1.85 bits per heavy atom. The van der Waals surface area contributed by atoms with Gasteiger partial charge in [-0.2, -0.15) is 0 Å². The molecule has 1 aromatic rings. The molecule has 1 saturated carbocycles. The van der Waals surface area contributed by atoms with Gasteiger partial charge < -0.3 is 15.0 Å². The highest BCUT2D eigenvalue weighted by Crippen LogP contribution is 2.37. The average Bonchev–Trinajstić information content (AvgIpc) is 3.43. The number of rotatable bonds is 8. The molecule has 0 radical (unpaired) electrons. The second kappa shape index (κ2) is 9.25. The highest BCUT2D eigenvalue weighted by Gasteiger charge is 2.38. The quantitative estimate of drug-likeness (QED) is 0.763. The van der Waals surface area contributed by atoms with Crippen LogP contribution in [0.2, 0.25) is 0 Å².